The van der Waals surface area contributed by atoms with E-state index >= 15 is 0 Å². The van der Waals surface area contributed by atoms with E-state index in [-0.39, 0.29) is 0 Å². The van der Waals surface area contributed by atoms with Gasteiger partial charge in [-0.1, -0.05) is 376 Å². The first-order valence-corrected chi connectivity index (χ1v) is 37.2. The van der Waals surface area contributed by atoms with Crippen molar-refractivity contribution in [1.82, 2.24) is 9.97 Å². The van der Waals surface area contributed by atoms with E-state index in [9.17, 15) is 0 Å². The van der Waals surface area contributed by atoms with E-state index in [0.717, 1.165) is 128 Å². The highest BCUT2D eigenvalue weighted by molar-refractivity contribution is 6.46. The van der Waals surface area contributed by atoms with E-state index in [1.54, 1.807) is 0 Å². The van der Waals surface area contributed by atoms with Crippen LogP contribution in [-0.4, -0.2) is 9.97 Å². The normalized spacial score (nSPS) is 11.5. The van der Waals surface area contributed by atoms with Gasteiger partial charge in [0.15, 0.2) is 5.82 Å². The van der Waals surface area contributed by atoms with Crippen LogP contribution in [0.15, 0.2) is 413 Å². The van der Waals surface area contributed by atoms with Crippen LogP contribution in [0, 0.1) is 0 Å². The Morgan fingerprint density at radius 1 is 0.120 bits per heavy atom. The van der Waals surface area contributed by atoms with Crippen LogP contribution in [-0.2, 0) is 0 Å². The molecule has 0 spiro atoms. The van der Waals surface area contributed by atoms with Crippen molar-refractivity contribution < 1.29 is 0 Å². The van der Waals surface area contributed by atoms with Gasteiger partial charge < -0.3 is 0 Å². The third-order valence-electron chi connectivity index (χ3n) is 21.7. The zero-order valence-electron chi connectivity index (χ0n) is 59.2. The lowest BCUT2D eigenvalue weighted by Gasteiger charge is -2.29. The fourth-order valence-electron chi connectivity index (χ4n) is 17.1. The second kappa shape index (κ2) is 27.1. The average Bonchev–Trinajstić information content (AvgIpc) is 0.672. The van der Waals surface area contributed by atoms with Crippen LogP contribution in [0.4, 0.5) is 0 Å². The van der Waals surface area contributed by atoms with Gasteiger partial charge in [-0.25, -0.2) is 9.97 Å². The first-order valence-electron chi connectivity index (χ1n) is 37.2. The molecular formula is C106H68N2. The molecule has 502 valence electrons. The summed E-state index contributed by atoms with van der Waals surface area (Å²) in [4.78, 5) is 11.0. The van der Waals surface area contributed by atoms with E-state index in [1.165, 1.54) is 76.5 Å². The predicted octanol–water partition coefficient (Wildman–Crippen LogP) is 29.0. The fraction of sp³-hybridized carbons (Fsp3) is 0. The second-order valence-corrected chi connectivity index (χ2v) is 28.0. The molecule has 1 aromatic heterocycles. The van der Waals surface area contributed by atoms with Crippen LogP contribution in [0.5, 0.6) is 0 Å². The van der Waals surface area contributed by atoms with Crippen LogP contribution < -0.4 is 0 Å². The summed E-state index contributed by atoms with van der Waals surface area (Å²) >= 11 is 0. The maximum atomic E-state index is 5.52. The quantitative estimate of drug-likeness (QED) is 0.0801. The number of fused-ring (bicyclic) bond motifs is 6. The summed E-state index contributed by atoms with van der Waals surface area (Å²) in [6.45, 7) is 0. The van der Waals surface area contributed by atoms with Crippen molar-refractivity contribution in [2.45, 2.75) is 0 Å². The Hall–Kier alpha value is -14.2. The summed E-state index contributed by atoms with van der Waals surface area (Å²) in [7, 11) is 0. The Bertz CT molecular complexity index is 6220. The van der Waals surface area contributed by atoms with Crippen LogP contribution in [0.2, 0.25) is 0 Å². The van der Waals surface area contributed by atoms with Crippen molar-refractivity contribution >= 4 is 53.9 Å². The summed E-state index contributed by atoms with van der Waals surface area (Å²) in [6, 6.07) is 152. The van der Waals surface area contributed by atoms with Gasteiger partial charge in [-0.15, -0.1) is 0 Å². The summed E-state index contributed by atoms with van der Waals surface area (Å²) in [5.74, 6) is 0.645. The van der Waals surface area contributed by atoms with Gasteiger partial charge in [-0.2, -0.15) is 0 Å². The Morgan fingerprint density at radius 3 is 0.630 bits per heavy atom. The van der Waals surface area contributed by atoms with Crippen molar-refractivity contribution in [3.05, 3.63) is 413 Å². The molecule has 0 aliphatic heterocycles. The molecule has 108 heavy (non-hydrogen) atoms. The standard InChI is InChI=1S/C106H68N2/c1-11-35-69(36-12-1)83-65-84(70-37-13-2-14-38-70)67-85(66-83)79-55-31-56-80(63-79)98-94(75-47-23-7-24-48-75)95(76-49-25-8-26-50-76)99(81-57-32-58-82(64-81)106-107-90(71-39-15-3-16-40-71)68-91(108-106)72-41-17-4-18-42-72)105-89-62-34-60-87-101(89)100-86(59-33-61-88(100)104(98)105)102-96(77-51-27-9-28-52-77)92(73-43-19-5-20-44-73)93(74-45-21-6-22-46-74)97(103(87)102)78-53-29-10-30-54-78/h1-68H. The van der Waals surface area contributed by atoms with Gasteiger partial charge in [0, 0.05) is 16.7 Å². The number of nitrogens with zero attached hydrogens (tertiary/aromatic N) is 2. The minimum absolute atomic E-state index is 0.645. The van der Waals surface area contributed by atoms with Crippen LogP contribution in [0.1, 0.15) is 0 Å². The highest BCUT2D eigenvalue weighted by Crippen LogP contribution is 2.60. The maximum absolute atomic E-state index is 5.52. The Kier molecular flexibility index (Phi) is 16.0. The van der Waals surface area contributed by atoms with Crippen molar-refractivity contribution in [1.29, 1.82) is 0 Å². The largest absolute Gasteiger partial charge is 0.228 e. The first kappa shape index (κ1) is 63.5. The topological polar surface area (TPSA) is 25.8 Å². The summed E-state index contributed by atoms with van der Waals surface area (Å²) < 4.78 is 0. The highest BCUT2D eigenvalue weighted by Gasteiger charge is 2.33. The summed E-state index contributed by atoms with van der Waals surface area (Å²) in [5, 5.41) is 11.9. The Labute approximate surface area is 628 Å². The predicted molar refractivity (Wildman–Crippen MR) is 457 cm³/mol. The SMILES string of the molecule is c1ccc(-c2cc(-c3ccccc3)cc(-c3cccc(-c4c(-c5ccccc5)c(-c5ccccc5)c(-c5cccc(-c6nc(-c7ccccc7)cc(-c7ccccc7)n6)c5)c5c6cccc7c8c(-c9ccccc9)c(-c9ccccc9)c(-c9ccccc9)c(-c9ccccc9)c8c8cccc(c45)c8c76)c3)c2)cc1. The molecule has 0 aliphatic rings. The molecular weight excluding hydrogens is 1300 g/mol. The molecule has 0 amide bonds. The van der Waals surface area contributed by atoms with Crippen molar-refractivity contribution in [2.24, 2.45) is 0 Å². The van der Waals surface area contributed by atoms with Gasteiger partial charge in [0.1, 0.15) is 0 Å². The number of hydrogen-bond donors (Lipinski definition) is 0. The Morgan fingerprint density at radius 2 is 0.324 bits per heavy atom. The minimum atomic E-state index is 0.645. The summed E-state index contributed by atoms with van der Waals surface area (Å²) in [6.07, 6.45) is 0. The molecule has 0 N–H and O–H groups in total. The van der Waals surface area contributed by atoms with Gasteiger partial charge in [-0.3, -0.25) is 0 Å². The van der Waals surface area contributed by atoms with Crippen molar-refractivity contribution in [3.8, 4) is 156 Å². The molecule has 20 aromatic rings. The lowest BCUT2D eigenvalue weighted by atomic mass is 9.73. The second-order valence-electron chi connectivity index (χ2n) is 28.0. The van der Waals surface area contributed by atoms with E-state index in [0.29, 0.717) is 5.82 Å². The lowest BCUT2D eigenvalue weighted by molar-refractivity contribution is 1.18. The van der Waals surface area contributed by atoms with Gasteiger partial charge >= 0.3 is 0 Å². The molecule has 19 aromatic carbocycles. The highest BCUT2D eigenvalue weighted by atomic mass is 14.9. The molecule has 0 saturated heterocycles. The van der Waals surface area contributed by atoms with Crippen LogP contribution >= 0.6 is 0 Å². The number of hydrogen-bond acceptors (Lipinski definition) is 2. The maximum Gasteiger partial charge on any atom is 0.160 e. The van der Waals surface area contributed by atoms with E-state index in [4.69, 9.17) is 9.97 Å². The van der Waals surface area contributed by atoms with E-state index < -0.39 is 0 Å². The zero-order chi connectivity index (χ0) is 71.4. The molecule has 0 fully saturated rings. The van der Waals surface area contributed by atoms with E-state index in [1.807, 2.05) is 0 Å². The van der Waals surface area contributed by atoms with Crippen molar-refractivity contribution in [2.75, 3.05) is 0 Å². The third-order valence-corrected chi connectivity index (χ3v) is 21.7. The average molecular weight is 1370 g/mol. The van der Waals surface area contributed by atoms with Gasteiger partial charge in [-0.05, 0) is 213 Å². The van der Waals surface area contributed by atoms with Crippen molar-refractivity contribution in [3.63, 3.8) is 0 Å². The smallest absolute Gasteiger partial charge is 0.160 e. The molecule has 2 heteroatoms. The molecule has 1 heterocycles. The first-order chi connectivity index (χ1) is 53.6. The molecule has 0 atom stereocenters. The molecule has 20 rings (SSSR count). The molecule has 0 unspecified atom stereocenters. The summed E-state index contributed by atoms with van der Waals surface area (Å²) in [5.41, 5.74) is 29.8. The number of benzene rings is 19. The zero-order valence-corrected chi connectivity index (χ0v) is 59.2. The molecule has 0 saturated carbocycles. The minimum Gasteiger partial charge on any atom is -0.228 e. The monoisotopic (exact) mass is 1370 g/mol. The van der Waals surface area contributed by atoms with Crippen LogP contribution in [0.25, 0.3) is 210 Å². The molecule has 0 aliphatic carbocycles. The molecule has 2 nitrogen and oxygen atoms in total. The van der Waals surface area contributed by atoms with Crippen LogP contribution in [0.3, 0.4) is 0 Å². The lowest BCUT2D eigenvalue weighted by Crippen LogP contribution is -2.02. The molecule has 0 radical (unpaired) electrons. The third kappa shape index (κ3) is 11.0. The van der Waals surface area contributed by atoms with E-state index in [2.05, 4.69) is 413 Å². The fourth-order valence-corrected chi connectivity index (χ4v) is 17.1. The van der Waals surface area contributed by atoms with Gasteiger partial charge in [0.2, 0.25) is 0 Å². The van der Waals surface area contributed by atoms with Gasteiger partial charge in [0.25, 0.3) is 0 Å². The Balaban J connectivity index is 1.00. The number of aromatic nitrogens is 2. The molecule has 0 bridgehead atoms. The van der Waals surface area contributed by atoms with Gasteiger partial charge in [0.05, 0.1) is 11.4 Å². The number of rotatable bonds is 14.